The maximum Gasteiger partial charge on any atom is 0.0706 e. The molecule has 3 aromatic rings. The zero-order chi connectivity index (χ0) is 20.3. The Morgan fingerprint density at radius 1 is 0.967 bits per heavy atom. The highest BCUT2D eigenvalue weighted by molar-refractivity contribution is 7.19. The molecule has 3 heterocycles. The van der Waals surface area contributed by atoms with Crippen molar-refractivity contribution < 1.29 is 0 Å². The number of fused-ring (bicyclic) bond motifs is 1. The molecule has 3 nitrogen and oxygen atoms in total. The smallest absolute Gasteiger partial charge is 0.0706 e. The highest BCUT2D eigenvalue weighted by Crippen LogP contribution is 2.30. The molecule has 1 aromatic heterocycles. The highest BCUT2D eigenvalue weighted by atomic mass is 32.1. The van der Waals surface area contributed by atoms with E-state index < -0.39 is 0 Å². The first-order valence-electron chi connectivity index (χ1n) is 10.6. The van der Waals surface area contributed by atoms with Crippen molar-refractivity contribution in [3.63, 3.8) is 0 Å². The van der Waals surface area contributed by atoms with E-state index in [1.165, 1.54) is 15.0 Å². The topological polar surface area (TPSA) is 9.72 Å². The number of hydrogen-bond donors (Lipinski definition) is 0. The first-order valence-corrected chi connectivity index (χ1v) is 11.4. The fourth-order valence-electron chi connectivity index (χ4n) is 4.54. The van der Waals surface area contributed by atoms with Crippen molar-refractivity contribution in [3.05, 3.63) is 82.4 Å². The minimum Gasteiger partial charge on any atom is -0.365 e. The fourth-order valence-corrected chi connectivity index (χ4v) is 5.65. The van der Waals surface area contributed by atoms with Gasteiger partial charge in [-0.05, 0) is 35.2 Å². The molecule has 0 atom stereocenters. The van der Waals surface area contributed by atoms with Crippen LogP contribution >= 0.6 is 11.3 Å². The molecule has 5 rings (SSSR count). The number of benzene rings is 2. The Bertz CT molecular complexity index is 1090. The van der Waals surface area contributed by atoms with Crippen LogP contribution in [0.1, 0.15) is 16.9 Å². The molecular formula is C26H27N3S. The van der Waals surface area contributed by atoms with Gasteiger partial charge in [0.25, 0.3) is 0 Å². The summed E-state index contributed by atoms with van der Waals surface area (Å²) in [7, 11) is 2.25. The average Bonchev–Trinajstić information content (AvgIpc) is 3.16. The van der Waals surface area contributed by atoms with Crippen molar-refractivity contribution in [2.45, 2.75) is 13.0 Å². The Morgan fingerprint density at radius 3 is 2.63 bits per heavy atom. The van der Waals surface area contributed by atoms with Crippen LogP contribution in [0.25, 0.3) is 10.1 Å². The lowest BCUT2D eigenvalue weighted by atomic mass is 10.0. The van der Waals surface area contributed by atoms with Crippen LogP contribution in [-0.2, 0) is 6.54 Å². The molecular weight excluding hydrogens is 386 g/mol. The van der Waals surface area contributed by atoms with E-state index in [0.29, 0.717) is 0 Å². The second-order valence-electron chi connectivity index (χ2n) is 8.26. The molecule has 0 spiro atoms. The molecule has 2 aliphatic rings. The molecule has 0 bridgehead atoms. The van der Waals surface area contributed by atoms with Gasteiger partial charge in [0, 0.05) is 60.5 Å². The van der Waals surface area contributed by atoms with Crippen molar-refractivity contribution in [2.75, 3.05) is 39.9 Å². The van der Waals surface area contributed by atoms with Crippen LogP contribution in [0.5, 0.6) is 0 Å². The van der Waals surface area contributed by atoms with Crippen molar-refractivity contribution in [3.8, 4) is 11.8 Å². The van der Waals surface area contributed by atoms with Crippen LogP contribution < -0.4 is 0 Å². The third kappa shape index (κ3) is 4.29. The molecule has 0 unspecified atom stereocenters. The molecule has 152 valence electrons. The molecule has 0 amide bonds. The number of rotatable bonds is 3. The van der Waals surface area contributed by atoms with Gasteiger partial charge in [-0.25, -0.2) is 0 Å². The summed E-state index contributed by atoms with van der Waals surface area (Å²) in [4.78, 5) is 8.97. The molecule has 30 heavy (non-hydrogen) atoms. The van der Waals surface area contributed by atoms with Gasteiger partial charge in [-0.3, -0.25) is 9.80 Å². The third-order valence-corrected chi connectivity index (χ3v) is 7.04. The van der Waals surface area contributed by atoms with E-state index in [-0.39, 0.29) is 0 Å². The zero-order valence-corrected chi connectivity index (χ0v) is 18.3. The maximum atomic E-state index is 3.37. The first kappa shape index (κ1) is 19.4. The lowest BCUT2D eigenvalue weighted by molar-refractivity contribution is 0.138. The average molecular weight is 414 g/mol. The third-order valence-electron chi connectivity index (χ3n) is 5.94. The van der Waals surface area contributed by atoms with Crippen LogP contribution in [0.3, 0.4) is 0 Å². The molecule has 0 aliphatic carbocycles. The van der Waals surface area contributed by atoms with Crippen LogP contribution in [-0.4, -0.2) is 54.6 Å². The van der Waals surface area contributed by atoms with E-state index in [2.05, 4.69) is 76.1 Å². The predicted octanol–water partition coefficient (Wildman–Crippen LogP) is 4.62. The predicted molar refractivity (Wildman–Crippen MR) is 126 cm³/mol. The molecule has 0 saturated heterocycles. The maximum absolute atomic E-state index is 3.37. The molecule has 2 aromatic carbocycles. The van der Waals surface area contributed by atoms with Gasteiger partial charge in [-0.2, -0.15) is 0 Å². The first-order chi connectivity index (χ1) is 14.7. The SMILES string of the molecule is CN1CN(Cc2cc3ccccc3s2)CC2=C1CCN(CC#Cc1ccccc1)C2. The molecule has 0 radical (unpaired) electrons. The van der Waals surface area contributed by atoms with Gasteiger partial charge >= 0.3 is 0 Å². The molecule has 0 N–H and O–H groups in total. The summed E-state index contributed by atoms with van der Waals surface area (Å²) < 4.78 is 1.39. The van der Waals surface area contributed by atoms with Crippen molar-refractivity contribution in [1.29, 1.82) is 0 Å². The summed E-state index contributed by atoms with van der Waals surface area (Å²) in [6, 6.07) is 21.3. The summed E-state index contributed by atoms with van der Waals surface area (Å²) in [5.74, 6) is 6.67. The van der Waals surface area contributed by atoms with E-state index in [1.54, 1.807) is 11.3 Å². The van der Waals surface area contributed by atoms with Crippen molar-refractivity contribution in [1.82, 2.24) is 14.7 Å². The van der Waals surface area contributed by atoms with E-state index in [4.69, 9.17) is 0 Å². The van der Waals surface area contributed by atoms with Gasteiger partial charge in [0.1, 0.15) is 0 Å². The van der Waals surface area contributed by atoms with Crippen LogP contribution in [0.2, 0.25) is 0 Å². The van der Waals surface area contributed by atoms with E-state index >= 15 is 0 Å². The normalized spacial score (nSPS) is 17.7. The number of hydrogen-bond acceptors (Lipinski definition) is 4. The van der Waals surface area contributed by atoms with Gasteiger partial charge in [0.2, 0.25) is 0 Å². The summed E-state index contributed by atoms with van der Waals surface area (Å²) in [6.45, 7) is 6.08. The van der Waals surface area contributed by atoms with Crippen LogP contribution in [0, 0.1) is 11.8 Å². The fraction of sp³-hybridized carbons (Fsp3) is 0.308. The van der Waals surface area contributed by atoms with Gasteiger partial charge in [-0.1, -0.05) is 48.2 Å². The molecule has 0 fully saturated rings. The highest BCUT2D eigenvalue weighted by Gasteiger charge is 2.27. The molecule has 0 saturated carbocycles. The van der Waals surface area contributed by atoms with E-state index in [1.807, 2.05) is 29.5 Å². The van der Waals surface area contributed by atoms with Gasteiger partial charge in [0.05, 0.1) is 13.2 Å². The second-order valence-corrected chi connectivity index (χ2v) is 9.42. The monoisotopic (exact) mass is 413 g/mol. The Balaban J connectivity index is 1.24. The van der Waals surface area contributed by atoms with E-state index in [9.17, 15) is 0 Å². The largest absolute Gasteiger partial charge is 0.365 e. The van der Waals surface area contributed by atoms with Crippen LogP contribution in [0.15, 0.2) is 71.9 Å². The molecule has 4 heteroatoms. The van der Waals surface area contributed by atoms with Crippen molar-refractivity contribution in [2.24, 2.45) is 0 Å². The van der Waals surface area contributed by atoms with E-state index in [0.717, 1.165) is 51.4 Å². The van der Waals surface area contributed by atoms with Gasteiger partial charge in [0.15, 0.2) is 0 Å². The van der Waals surface area contributed by atoms with Crippen LogP contribution in [0.4, 0.5) is 0 Å². The standard InChI is InChI=1S/C26H27N3S/c1-27-20-29(19-24-16-22-11-5-6-12-26(22)30-24)18-23-17-28(15-13-25(23)27)14-7-10-21-8-3-2-4-9-21/h2-6,8-9,11-12,16H,13-15,17-20H2,1H3. The van der Waals surface area contributed by atoms with Gasteiger partial charge < -0.3 is 4.90 Å². The summed E-state index contributed by atoms with van der Waals surface area (Å²) in [6.07, 6.45) is 1.13. The lowest BCUT2D eigenvalue weighted by Gasteiger charge is -2.42. The Morgan fingerprint density at radius 2 is 1.77 bits per heavy atom. The lowest BCUT2D eigenvalue weighted by Crippen LogP contribution is -2.47. The Kier molecular flexibility index (Phi) is 5.59. The molecule has 2 aliphatic heterocycles. The minimum atomic E-state index is 0.839. The quantitative estimate of drug-likeness (QED) is 0.580. The summed E-state index contributed by atoms with van der Waals surface area (Å²) in [5.41, 5.74) is 4.22. The second kappa shape index (κ2) is 8.65. The van der Waals surface area contributed by atoms with Crippen molar-refractivity contribution >= 4 is 21.4 Å². The number of thiophene rings is 1. The minimum absolute atomic E-state index is 0.839. The number of nitrogens with zero attached hydrogens (tertiary/aromatic N) is 3. The summed E-state index contributed by atoms with van der Waals surface area (Å²) in [5, 5.41) is 1.36. The zero-order valence-electron chi connectivity index (χ0n) is 17.5. The Labute approximate surface area is 183 Å². The van der Waals surface area contributed by atoms with Gasteiger partial charge in [-0.15, -0.1) is 11.3 Å². The Hall–Kier alpha value is -2.58. The summed E-state index contributed by atoms with van der Waals surface area (Å²) >= 11 is 1.93.